The Morgan fingerprint density at radius 3 is 2.83 bits per heavy atom. The SMILES string of the molecule is COc1cnc2c(-c3nc4c(Cl)c(F)c(OCCOC(=O)Nc5cn[nH]c5)cc4s3)cc(C)cc2n1. The van der Waals surface area contributed by atoms with Crippen LogP contribution in [0, 0.1) is 12.7 Å². The molecule has 0 atom stereocenters. The number of rotatable bonds is 7. The molecule has 0 saturated carbocycles. The molecule has 5 rings (SSSR count). The van der Waals surface area contributed by atoms with Gasteiger partial charge in [0.15, 0.2) is 11.6 Å². The number of aryl methyl sites for hydroxylation is 1. The summed E-state index contributed by atoms with van der Waals surface area (Å²) in [6.45, 7) is 1.75. The third-order valence-corrected chi connectivity index (χ3v) is 6.44. The highest BCUT2D eigenvalue weighted by Gasteiger charge is 2.20. The maximum atomic E-state index is 14.9. The molecule has 0 spiro atoms. The van der Waals surface area contributed by atoms with Crippen molar-refractivity contribution in [3.8, 4) is 22.2 Å². The maximum Gasteiger partial charge on any atom is 0.411 e. The van der Waals surface area contributed by atoms with Crippen LogP contribution in [0.15, 0.2) is 36.8 Å². The van der Waals surface area contributed by atoms with Crippen LogP contribution < -0.4 is 14.8 Å². The first-order valence-electron chi connectivity index (χ1n) is 10.6. The van der Waals surface area contributed by atoms with Crippen molar-refractivity contribution in [1.82, 2.24) is 25.1 Å². The molecule has 3 aromatic heterocycles. The zero-order valence-corrected chi connectivity index (χ0v) is 20.5. The van der Waals surface area contributed by atoms with Gasteiger partial charge in [-0.15, -0.1) is 11.3 Å². The second-order valence-electron chi connectivity index (χ2n) is 7.56. The minimum absolute atomic E-state index is 0.0693. The van der Waals surface area contributed by atoms with E-state index in [0.717, 1.165) is 11.1 Å². The van der Waals surface area contributed by atoms with Gasteiger partial charge in [-0.3, -0.25) is 10.4 Å². The molecule has 184 valence electrons. The van der Waals surface area contributed by atoms with Crippen LogP contribution in [0.5, 0.6) is 11.6 Å². The Kier molecular flexibility index (Phi) is 6.53. The number of nitrogens with zero attached hydrogens (tertiary/aromatic N) is 4. The summed E-state index contributed by atoms with van der Waals surface area (Å²) in [5, 5.41) is 9.20. The molecule has 0 aliphatic carbocycles. The molecule has 3 heterocycles. The first-order chi connectivity index (χ1) is 17.4. The average Bonchev–Trinajstić information content (AvgIpc) is 3.53. The van der Waals surface area contributed by atoms with E-state index in [9.17, 15) is 9.18 Å². The highest BCUT2D eigenvalue weighted by Crippen LogP contribution is 2.40. The Morgan fingerprint density at radius 2 is 2.06 bits per heavy atom. The number of fused-ring (bicyclic) bond motifs is 2. The fourth-order valence-electron chi connectivity index (χ4n) is 3.47. The van der Waals surface area contributed by atoms with E-state index in [1.54, 1.807) is 0 Å². The molecular weight excluding hydrogens is 511 g/mol. The molecule has 36 heavy (non-hydrogen) atoms. The van der Waals surface area contributed by atoms with E-state index in [-0.39, 0.29) is 24.0 Å². The Hall–Kier alpha value is -4.03. The van der Waals surface area contributed by atoms with Gasteiger partial charge >= 0.3 is 6.09 Å². The van der Waals surface area contributed by atoms with Gasteiger partial charge in [0.25, 0.3) is 0 Å². The lowest BCUT2D eigenvalue weighted by molar-refractivity contribution is 0.136. The number of hydrogen-bond acceptors (Lipinski definition) is 9. The number of aromatic amines is 1. The van der Waals surface area contributed by atoms with Crippen molar-refractivity contribution >= 4 is 56.0 Å². The molecule has 0 radical (unpaired) electrons. The highest BCUT2D eigenvalue weighted by molar-refractivity contribution is 7.21. The third kappa shape index (κ3) is 4.72. The fourth-order valence-corrected chi connectivity index (χ4v) is 4.78. The summed E-state index contributed by atoms with van der Waals surface area (Å²) in [6, 6.07) is 5.36. The summed E-state index contributed by atoms with van der Waals surface area (Å²) >= 11 is 7.63. The molecule has 2 aromatic carbocycles. The molecule has 1 amide bonds. The Balaban J connectivity index is 1.37. The van der Waals surface area contributed by atoms with E-state index in [0.29, 0.717) is 37.8 Å². The number of halogens is 2. The molecule has 2 N–H and O–H groups in total. The number of methoxy groups -OCH3 is 1. The van der Waals surface area contributed by atoms with Crippen LogP contribution in [0.2, 0.25) is 5.02 Å². The first kappa shape index (κ1) is 23.7. The summed E-state index contributed by atoms with van der Waals surface area (Å²) in [4.78, 5) is 25.3. The van der Waals surface area contributed by atoms with Crippen LogP contribution in [0.3, 0.4) is 0 Å². The smallest absolute Gasteiger partial charge is 0.411 e. The number of benzene rings is 2. The lowest BCUT2D eigenvalue weighted by atomic mass is 10.1. The number of H-pyrrole nitrogens is 1. The lowest BCUT2D eigenvalue weighted by Gasteiger charge is -2.09. The van der Waals surface area contributed by atoms with Gasteiger partial charge < -0.3 is 14.2 Å². The van der Waals surface area contributed by atoms with E-state index in [4.69, 9.17) is 25.8 Å². The van der Waals surface area contributed by atoms with Crippen LogP contribution in [0.25, 0.3) is 31.8 Å². The zero-order valence-electron chi connectivity index (χ0n) is 19.0. The predicted octanol–water partition coefficient (Wildman–Crippen LogP) is 5.37. The van der Waals surface area contributed by atoms with Crippen molar-refractivity contribution in [3.05, 3.63) is 53.2 Å². The lowest BCUT2D eigenvalue weighted by Crippen LogP contribution is -2.17. The number of nitrogens with one attached hydrogen (secondary N) is 2. The normalized spacial score (nSPS) is 11.1. The minimum atomic E-state index is -0.748. The Morgan fingerprint density at radius 1 is 1.19 bits per heavy atom. The van der Waals surface area contributed by atoms with E-state index in [1.807, 2.05) is 19.1 Å². The molecule has 0 bridgehead atoms. The topological polar surface area (TPSA) is 124 Å². The van der Waals surface area contributed by atoms with Crippen molar-refractivity contribution in [2.75, 3.05) is 25.6 Å². The van der Waals surface area contributed by atoms with Crippen molar-refractivity contribution in [2.45, 2.75) is 6.92 Å². The number of thiazole rings is 1. The van der Waals surface area contributed by atoms with E-state index in [1.165, 1.54) is 43.1 Å². The standard InChI is InChI=1S/C23H18ClFN6O4S/c1-11-5-13(20-14(6-11)30-17(33-2)10-26-20)22-31-21-16(36-22)7-15(19(25)18(21)24)34-3-4-35-23(32)29-12-8-27-28-9-12/h5-10H,3-4H2,1-2H3,(H,27,28)(H,29,32). The number of ether oxygens (including phenoxy) is 3. The van der Waals surface area contributed by atoms with Crippen LogP contribution in [-0.4, -0.2) is 51.6 Å². The quantitative estimate of drug-likeness (QED) is 0.270. The van der Waals surface area contributed by atoms with Crippen molar-refractivity contribution in [2.24, 2.45) is 0 Å². The van der Waals surface area contributed by atoms with Gasteiger partial charge in [0.2, 0.25) is 5.88 Å². The van der Waals surface area contributed by atoms with Gasteiger partial charge in [-0.05, 0) is 24.6 Å². The monoisotopic (exact) mass is 528 g/mol. The molecule has 10 nitrogen and oxygen atoms in total. The van der Waals surface area contributed by atoms with Crippen LogP contribution >= 0.6 is 22.9 Å². The van der Waals surface area contributed by atoms with Gasteiger partial charge in [0.05, 0.1) is 40.9 Å². The van der Waals surface area contributed by atoms with E-state index in [2.05, 4.69) is 30.5 Å². The number of carbonyl (C=O) groups is 1. The number of anilines is 1. The number of aromatic nitrogens is 5. The van der Waals surface area contributed by atoms with Gasteiger partial charge in [-0.25, -0.2) is 24.1 Å². The van der Waals surface area contributed by atoms with Gasteiger partial charge in [0, 0.05) is 17.8 Å². The average molecular weight is 529 g/mol. The summed E-state index contributed by atoms with van der Waals surface area (Å²) in [5.74, 6) is -0.416. The highest BCUT2D eigenvalue weighted by atomic mass is 35.5. The first-order valence-corrected chi connectivity index (χ1v) is 11.8. The zero-order chi connectivity index (χ0) is 25.2. The fraction of sp³-hybridized carbons (Fsp3) is 0.174. The molecule has 0 aliphatic rings. The van der Waals surface area contributed by atoms with Crippen LogP contribution in [-0.2, 0) is 4.74 Å². The van der Waals surface area contributed by atoms with Crippen LogP contribution in [0.4, 0.5) is 14.9 Å². The Bertz CT molecular complexity index is 1580. The largest absolute Gasteiger partial charge is 0.487 e. The third-order valence-electron chi connectivity index (χ3n) is 5.06. The van der Waals surface area contributed by atoms with E-state index >= 15 is 0 Å². The van der Waals surface area contributed by atoms with Gasteiger partial charge in [-0.1, -0.05) is 11.6 Å². The summed E-state index contributed by atoms with van der Waals surface area (Å²) in [6.07, 6.45) is 3.77. The molecule has 0 aliphatic heterocycles. The van der Waals surface area contributed by atoms with Gasteiger partial charge in [0.1, 0.15) is 28.8 Å². The Labute approximate surface area is 212 Å². The van der Waals surface area contributed by atoms with Crippen LogP contribution in [0.1, 0.15) is 5.56 Å². The molecule has 0 unspecified atom stereocenters. The molecule has 5 aromatic rings. The molecule has 0 fully saturated rings. The van der Waals surface area contributed by atoms with Crippen molar-refractivity contribution < 1.29 is 23.4 Å². The number of hydrogen-bond donors (Lipinski definition) is 2. The maximum absolute atomic E-state index is 14.9. The molecular formula is C23H18ClFN6O4S. The second kappa shape index (κ2) is 9.91. The van der Waals surface area contributed by atoms with Crippen molar-refractivity contribution in [3.63, 3.8) is 0 Å². The van der Waals surface area contributed by atoms with E-state index < -0.39 is 11.9 Å². The number of amides is 1. The van der Waals surface area contributed by atoms with Crippen molar-refractivity contribution in [1.29, 1.82) is 0 Å². The summed E-state index contributed by atoms with van der Waals surface area (Å²) in [7, 11) is 1.53. The molecule has 0 saturated heterocycles. The predicted molar refractivity (Wildman–Crippen MR) is 133 cm³/mol. The number of carbonyl (C=O) groups excluding carboxylic acids is 1. The summed E-state index contributed by atoms with van der Waals surface area (Å²) < 4.78 is 31.3. The minimum Gasteiger partial charge on any atom is -0.487 e. The molecule has 13 heteroatoms. The van der Waals surface area contributed by atoms with Gasteiger partial charge in [-0.2, -0.15) is 5.10 Å². The summed E-state index contributed by atoms with van der Waals surface area (Å²) in [5.41, 5.74) is 3.76. The second-order valence-corrected chi connectivity index (χ2v) is 8.97.